The van der Waals surface area contributed by atoms with E-state index >= 15 is 0 Å². The van der Waals surface area contributed by atoms with Crippen LogP contribution in [0.4, 0.5) is 5.69 Å². The van der Waals surface area contributed by atoms with E-state index in [9.17, 15) is 4.79 Å². The maximum atomic E-state index is 12.2. The monoisotopic (exact) mass is 262 g/mol. The number of carbonyl (C=O) groups excluding carboxylic acids is 1. The number of hydrogen-bond acceptors (Lipinski definition) is 3. The first-order valence-electron chi connectivity index (χ1n) is 6.78. The Labute approximate surface area is 114 Å². The van der Waals surface area contributed by atoms with Gasteiger partial charge in [0, 0.05) is 32.3 Å². The van der Waals surface area contributed by atoms with E-state index in [0.29, 0.717) is 13.0 Å². The summed E-state index contributed by atoms with van der Waals surface area (Å²) in [6.07, 6.45) is 2.38. The minimum absolute atomic E-state index is 0.136. The number of fused-ring (bicyclic) bond motifs is 1. The standard InChI is InChI=1S/C15H22N2O2/c1-11(19-2)3-6-15(18)17-8-7-12-4-5-14(16)9-13(12)10-17/h4-5,9,11H,3,6-8,10,16H2,1-2H3. The molecule has 1 heterocycles. The number of amides is 1. The maximum absolute atomic E-state index is 12.2. The van der Waals surface area contributed by atoms with Gasteiger partial charge in [-0.05, 0) is 43.0 Å². The zero-order chi connectivity index (χ0) is 13.8. The highest BCUT2D eigenvalue weighted by Gasteiger charge is 2.20. The molecule has 1 aliphatic heterocycles. The van der Waals surface area contributed by atoms with Gasteiger partial charge in [-0.2, -0.15) is 0 Å². The van der Waals surface area contributed by atoms with Crippen molar-refractivity contribution in [2.24, 2.45) is 0 Å². The second kappa shape index (κ2) is 6.06. The molecule has 0 spiro atoms. The molecule has 1 atom stereocenters. The molecular weight excluding hydrogens is 240 g/mol. The molecule has 19 heavy (non-hydrogen) atoms. The van der Waals surface area contributed by atoms with Gasteiger partial charge >= 0.3 is 0 Å². The van der Waals surface area contributed by atoms with Crippen LogP contribution in [0, 0.1) is 0 Å². The number of anilines is 1. The number of rotatable bonds is 4. The van der Waals surface area contributed by atoms with Crippen molar-refractivity contribution in [2.75, 3.05) is 19.4 Å². The molecule has 0 aliphatic carbocycles. The molecule has 104 valence electrons. The molecule has 0 saturated heterocycles. The van der Waals surface area contributed by atoms with E-state index in [-0.39, 0.29) is 12.0 Å². The van der Waals surface area contributed by atoms with Crippen molar-refractivity contribution in [1.82, 2.24) is 4.90 Å². The molecule has 4 nitrogen and oxygen atoms in total. The summed E-state index contributed by atoms with van der Waals surface area (Å²) in [7, 11) is 1.68. The lowest BCUT2D eigenvalue weighted by atomic mass is 9.98. The third kappa shape index (κ3) is 3.47. The summed E-state index contributed by atoms with van der Waals surface area (Å²) in [5.74, 6) is 0.206. The van der Waals surface area contributed by atoms with Gasteiger partial charge < -0.3 is 15.4 Å². The van der Waals surface area contributed by atoms with Crippen molar-refractivity contribution in [1.29, 1.82) is 0 Å². The van der Waals surface area contributed by atoms with E-state index in [4.69, 9.17) is 10.5 Å². The van der Waals surface area contributed by atoms with E-state index in [2.05, 4.69) is 6.07 Å². The summed E-state index contributed by atoms with van der Waals surface area (Å²) < 4.78 is 5.17. The molecule has 0 fully saturated rings. The lowest BCUT2D eigenvalue weighted by molar-refractivity contribution is -0.132. The number of ether oxygens (including phenoxy) is 1. The van der Waals surface area contributed by atoms with Crippen molar-refractivity contribution in [3.8, 4) is 0 Å². The number of carbonyl (C=O) groups is 1. The third-order valence-corrected chi connectivity index (χ3v) is 3.76. The molecule has 1 unspecified atom stereocenters. The number of benzene rings is 1. The first kappa shape index (κ1) is 13.9. The zero-order valence-corrected chi connectivity index (χ0v) is 11.7. The summed E-state index contributed by atoms with van der Waals surface area (Å²) in [6.45, 7) is 3.47. The van der Waals surface area contributed by atoms with Gasteiger partial charge in [0.1, 0.15) is 0 Å². The molecule has 1 aliphatic rings. The summed E-state index contributed by atoms with van der Waals surface area (Å²) >= 11 is 0. The normalized spacial score (nSPS) is 16.0. The molecule has 0 saturated carbocycles. The van der Waals surface area contributed by atoms with Crippen LogP contribution in [0.3, 0.4) is 0 Å². The van der Waals surface area contributed by atoms with Crippen LogP contribution in [0.5, 0.6) is 0 Å². The molecule has 2 rings (SSSR count). The van der Waals surface area contributed by atoms with Gasteiger partial charge in [0.05, 0.1) is 6.10 Å². The van der Waals surface area contributed by atoms with Crippen molar-refractivity contribution in [2.45, 2.75) is 38.8 Å². The van der Waals surface area contributed by atoms with Crippen LogP contribution < -0.4 is 5.73 Å². The van der Waals surface area contributed by atoms with Crippen LogP contribution in [0.15, 0.2) is 18.2 Å². The Bertz CT molecular complexity index is 459. The molecule has 1 amide bonds. The second-order valence-electron chi connectivity index (χ2n) is 5.18. The average molecular weight is 262 g/mol. The maximum Gasteiger partial charge on any atom is 0.222 e. The molecule has 4 heteroatoms. The predicted octanol–water partition coefficient (Wildman–Crippen LogP) is 1.97. The topological polar surface area (TPSA) is 55.6 Å². The van der Waals surface area contributed by atoms with Crippen molar-refractivity contribution in [3.05, 3.63) is 29.3 Å². The Morgan fingerprint density at radius 3 is 3.00 bits per heavy atom. The van der Waals surface area contributed by atoms with Gasteiger partial charge in [0.2, 0.25) is 5.91 Å². The first-order chi connectivity index (χ1) is 9.10. The van der Waals surface area contributed by atoms with Gasteiger partial charge in [0.25, 0.3) is 0 Å². The van der Waals surface area contributed by atoms with Crippen LogP contribution >= 0.6 is 0 Å². The SMILES string of the molecule is COC(C)CCC(=O)N1CCc2ccc(N)cc2C1. The lowest BCUT2D eigenvalue weighted by Gasteiger charge is -2.29. The van der Waals surface area contributed by atoms with E-state index in [1.165, 1.54) is 11.1 Å². The van der Waals surface area contributed by atoms with E-state index in [1.807, 2.05) is 24.0 Å². The Hall–Kier alpha value is -1.55. The summed E-state index contributed by atoms with van der Waals surface area (Å²) in [5, 5.41) is 0. The molecule has 1 aromatic rings. The largest absolute Gasteiger partial charge is 0.399 e. The minimum Gasteiger partial charge on any atom is -0.399 e. The Morgan fingerprint density at radius 1 is 1.47 bits per heavy atom. The molecular formula is C15H22N2O2. The number of nitrogens with two attached hydrogens (primary N) is 1. The molecule has 2 N–H and O–H groups in total. The quantitative estimate of drug-likeness (QED) is 0.844. The van der Waals surface area contributed by atoms with Crippen LogP contribution in [0.1, 0.15) is 30.9 Å². The highest BCUT2D eigenvalue weighted by Crippen LogP contribution is 2.22. The van der Waals surface area contributed by atoms with Gasteiger partial charge in [-0.3, -0.25) is 4.79 Å². The van der Waals surface area contributed by atoms with Crippen molar-refractivity contribution in [3.63, 3.8) is 0 Å². The molecule has 0 bridgehead atoms. The molecule has 0 aromatic heterocycles. The highest BCUT2D eigenvalue weighted by atomic mass is 16.5. The number of methoxy groups -OCH3 is 1. The number of hydrogen-bond donors (Lipinski definition) is 1. The molecule has 0 radical (unpaired) electrons. The summed E-state index contributed by atoms with van der Waals surface area (Å²) in [5.41, 5.74) is 9.05. The summed E-state index contributed by atoms with van der Waals surface area (Å²) in [4.78, 5) is 14.1. The summed E-state index contributed by atoms with van der Waals surface area (Å²) in [6, 6.07) is 5.97. The Kier molecular flexibility index (Phi) is 4.43. The van der Waals surface area contributed by atoms with E-state index < -0.39 is 0 Å². The van der Waals surface area contributed by atoms with Crippen LogP contribution in [-0.4, -0.2) is 30.6 Å². The zero-order valence-electron chi connectivity index (χ0n) is 11.7. The lowest BCUT2D eigenvalue weighted by Crippen LogP contribution is -2.36. The fourth-order valence-corrected chi connectivity index (χ4v) is 2.39. The minimum atomic E-state index is 0.136. The van der Waals surface area contributed by atoms with Crippen LogP contribution in [-0.2, 0) is 22.5 Å². The first-order valence-corrected chi connectivity index (χ1v) is 6.78. The smallest absolute Gasteiger partial charge is 0.222 e. The van der Waals surface area contributed by atoms with Crippen LogP contribution in [0.25, 0.3) is 0 Å². The Balaban J connectivity index is 1.95. The van der Waals surface area contributed by atoms with Gasteiger partial charge in [0.15, 0.2) is 0 Å². The van der Waals surface area contributed by atoms with Gasteiger partial charge in [-0.15, -0.1) is 0 Å². The fraction of sp³-hybridized carbons (Fsp3) is 0.533. The van der Waals surface area contributed by atoms with Crippen molar-refractivity contribution < 1.29 is 9.53 Å². The van der Waals surface area contributed by atoms with E-state index in [1.54, 1.807) is 7.11 Å². The molecule has 1 aromatic carbocycles. The number of nitrogens with zero attached hydrogens (tertiary/aromatic N) is 1. The highest BCUT2D eigenvalue weighted by molar-refractivity contribution is 5.76. The fourth-order valence-electron chi connectivity index (χ4n) is 2.39. The second-order valence-corrected chi connectivity index (χ2v) is 5.18. The van der Waals surface area contributed by atoms with Crippen LogP contribution in [0.2, 0.25) is 0 Å². The van der Waals surface area contributed by atoms with Crippen molar-refractivity contribution >= 4 is 11.6 Å². The number of nitrogen functional groups attached to an aromatic ring is 1. The van der Waals surface area contributed by atoms with Gasteiger partial charge in [-0.1, -0.05) is 6.07 Å². The average Bonchev–Trinajstić information content (AvgIpc) is 2.43. The van der Waals surface area contributed by atoms with E-state index in [0.717, 1.165) is 25.1 Å². The third-order valence-electron chi connectivity index (χ3n) is 3.76. The van der Waals surface area contributed by atoms with Gasteiger partial charge in [-0.25, -0.2) is 0 Å². The Morgan fingerprint density at radius 2 is 2.26 bits per heavy atom. The predicted molar refractivity (Wildman–Crippen MR) is 75.7 cm³/mol.